The molecule has 2 aliphatic rings. The normalized spacial score (nSPS) is 14.5. The number of carbonyl (C=O) groups is 2. The van der Waals surface area contributed by atoms with Crippen LogP contribution in [0.4, 0.5) is 11.4 Å². The molecule has 14 nitrogen and oxygen atoms in total. The Morgan fingerprint density at radius 1 is 1.15 bits per heavy atom. The lowest BCUT2D eigenvalue weighted by Crippen LogP contribution is -2.51. The summed E-state index contributed by atoms with van der Waals surface area (Å²) in [5, 5.41) is 18.3. The number of nitrogens with one attached hydrogen (secondary N) is 1. The standard InChI is InChI=1S/C31H29BrClN9O5S/c1-3-21-26(39-6-8-40(9-7-39)29(45)25-27(44)16(2)34-15-35-25)30(46)42-31(37-28(38-42)22-10-17-13-47-14-23(17)48-22)41(21)12-24(43)36-20-5-4-18(32)11-19(20)33/h4-5,10-11,15,44H,3,6-9,12-14H2,1-2H3,(H,36,43). The van der Waals surface area contributed by atoms with E-state index in [1.807, 2.05) is 17.9 Å². The van der Waals surface area contributed by atoms with Crippen LogP contribution in [-0.2, 0) is 35.7 Å². The van der Waals surface area contributed by atoms with E-state index in [0.717, 1.165) is 19.8 Å². The lowest BCUT2D eigenvalue weighted by molar-refractivity contribution is -0.116. The van der Waals surface area contributed by atoms with Crippen LogP contribution < -0.4 is 15.8 Å². The number of anilines is 2. The molecule has 6 heterocycles. The summed E-state index contributed by atoms with van der Waals surface area (Å²) >= 11 is 11.3. The van der Waals surface area contributed by atoms with Crippen molar-refractivity contribution in [1.82, 2.24) is 34.0 Å². The molecule has 0 saturated carbocycles. The minimum Gasteiger partial charge on any atom is -0.504 e. The van der Waals surface area contributed by atoms with Gasteiger partial charge >= 0.3 is 0 Å². The second-order valence-corrected chi connectivity index (χ2v) is 13.8. The van der Waals surface area contributed by atoms with E-state index in [0.29, 0.717) is 66.3 Å². The van der Waals surface area contributed by atoms with E-state index in [4.69, 9.17) is 21.3 Å². The molecular weight excluding hydrogens is 726 g/mol. The van der Waals surface area contributed by atoms with Crippen LogP contribution in [-0.4, -0.2) is 77.1 Å². The second-order valence-electron chi connectivity index (χ2n) is 11.3. The van der Waals surface area contributed by atoms with Crippen LogP contribution in [0.3, 0.4) is 0 Å². The Kier molecular flexibility index (Phi) is 8.66. The fourth-order valence-electron chi connectivity index (χ4n) is 5.94. The molecule has 17 heteroatoms. The van der Waals surface area contributed by atoms with Crippen LogP contribution in [0.15, 0.2) is 39.9 Å². The summed E-state index contributed by atoms with van der Waals surface area (Å²) in [6, 6.07) is 7.15. The minimum absolute atomic E-state index is 0.0628. The Morgan fingerprint density at radius 2 is 1.94 bits per heavy atom. The van der Waals surface area contributed by atoms with E-state index in [1.54, 1.807) is 34.6 Å². The number of rotatable bonds is 7. The molecule has 0 spiro atoms. The van der Waals surface area contributed by atoms with Gasteiger partial charge in [0.25, 0.3) is 11.5 Å². The van der Waals surface area contributed by atoms with E-state index in [1.165, 1.54) is 22.2 Å². The van der Waals surface area contributed by atoms with Crippen molar-refractivity contribution in [2.24, 2.45) is 0 Å². The smallest absolute Gasteiger partial charge is 0.299 e. The molecule has 1 aromatic carbocycles. The van der Waals surface area contributed by atoms with Crippen molar-refractivity contribution >= 4 is 67.8 Å². The summed E-state index contributed by atoms with van der Waals surface area (Å²) in [6.07, 6.45) is 1.65. The molecular formula is C31H29BrClN9O5S. The molecule has 2 N–H and O–H groups in total. The predicted octanol–water partition coefficient (Wildman–Crippen LogP) is 4.03. The Balaban J connectivity index is 1.25. The number of carbonyl (C=O) groups excluding carboxylic acids is 2. The van der Waals surface area contributed by atoms with E-state index >= 15 is 0 Å². The molecule has 4 aromatic heterocycles. The number of ether oxygens (including phenoxy) is 1. The number of fused-ring (bicyclic) bond motifs is 2. The summed E-state index contributed by atoms with van der Waals surface area (Å²) < 4.78 is 9.28. The van der Waals surface area contributed by atoms with Gasteiger partial charge in [-0.15, -0.1) is 16.4 Å². The predicted molar refractivity (Wildman–Crippen MR) is 183 cm³/mol. The molecule has 2 aliphatic heterocycles. The lowest BCUT2D eigenvalue weighted by Gasteiger charge is -2.36. The molecule has 5 aromatic rings. The number of benzene rings is 1. The maximum atomic E-state index is 14.3. The molecule has 1 saturated heterocycles. The van der Waals surface area contributed by atoms with E-state index in [9.17, 15) is 19.5 Å². The summed E-state index contributed by atoms with van der Waals surface area (Å²) in [4.78, 5) is 59.2. The van der Waals surface area contributed by atoms with Crippen molar-refractivity contribution in [3.63, 3.8) is 0 Å². The van der Waals surface area contributed by atoms with Crippen LogP contribution in [0.1, 0.15) is 39.2 Å². The van der Waals surface area contributed by atoms with Gasteiger partial charge in [0, 0.05) is 35.5 Å². The van der Waals surface area contributed by atoms with E-state index in [2.05, 4.69) is 36.3 Å². The topological polar surface area (TPSA) is 160 Å². The number of aryl methyl sites for hydroxylation is 1. The highest BCUT2D eigenvalue weighted by Crippen LogP contribution is 2.35. The van der Waals surface area contributed by atoms with Gasteiger partial charge in [-0.25, -0.2) is 9.97 Å². The zero-order valence-electron chi connectivity index (χ0n) is 25.9. The first kappa shape index (κ1) is 32.2. The van der Waals surface area contributed by atoms with Crippen molar-refractivity contribution < 1.29 is 19.4 Å². The first-order valence-corrected chi connectivity index (χ1v) is 17.1. The van der Waals surface area contributed by atoms with E-state index < -0.39 is 5.91 Å². The molecule has 248 valence electrons. The monoisotopic (exact) mass is 753 g/mol. The van der Waals surface area contributed by atoms with Gasteiger partial charge in [0.15, 0.2) is 17.3 Å². The maximum Gasteiger partial charge on any atom is 0.299 e. The molecule has 1 fully saturated rings. The Labute approximate surface area is 291 Å². The summed E-state index contributed by atoms with van der Waals surface area (Å²) in [5.74, 6) is -0.414. The Bertz CT molecular complexity index is 2140. The van der Waals surface area contributed by atoms with Crippen LogP contribution in [0.2, 0.25) is 5.02 Å². The highest BCUT2D eigenvalue weighted by Gasteiger charge is 2.31. The number of amides is 2. The Hall–Kier alpha value is -4.38. The molecule has 2 amide bonds. The van der Waals surface area contributed by atoms with Crippen LogP contribution in [0, 0.1) is 6.92 Å². The van der Waals surface area contributed by atoms with Gasteiger partial charge in [-0.3, -0.25) is 14.4 Å². The number of halogens is 2. The summed E-state index contributed by atoms with van der Waals surface area (Å²) in [6.45, 7) is 5.58. The third-order valence-corrected chi connectivity index (χ3v) is 10.3. The van der Waals surface area contributed by atoms with Crippen molar-refractivity contribution in [3.05, 3.63) is 78.0 Å². The third kappa shape index (κ3) is 5.82. The van der Waals surface area contributed by atoms with Crippen molar-refractivity contribution in [1.29, 1.82) is 0 Å². The maximum absolute atomic E-state index is 14.3. The SMILES string of the molecule is CCc1c(N2CCN(C(=O)c3ncnc(C)c3O)CC2)c(=O)n2nc(-c3cc4c(s3)COC4)nc2n1CC(=O)Nc1ccc(Br)cc1Cl. The highest BCUT2D eigenvalue weighted by molar-refractivity contribution is 9.10. The Morgan fingerprint density at radius 3 is 2.67 bits per heavy atom. The lowest BCUT2D eigenvalue weighted by atomic mass is 10.2. The van der Waals surface area contributed by atoms with Gasteiger partial charge in [0.2, 0.25) is 11.7 Å². The number of aromatic nitrogens is 6. The molecule has 7 rings (SSSR count). The number of hydrogen-bond donors (Lipinski definition) is 2. The molecule has 0 bridgehead atoms. The zero-order valence-corrected chi connectivity index (χ0v) is 29.0. The minimum atomic E-state index is -0.418. The van der Waals surface area contributed by atoms with Gasteiger partial charge in [-0.2, -0.15) is 9.50 Å². The highest BCUT2D eigenvalue weighted by atomic mass is 79.9. The number of aromatic hydroxyl groups is 1. The van der Waals surface area contributed by atoms with Crippen LogP contribution in [0.25, 0.3) is 16.5 Å². The second kappa shape index (κ2) is 12.9. The first-order chi connectivity index (χ1) is 23.1. The van der Waals surface area contributed by atoms with Crippen molar-refractivity contribution in [3.8, 4) is 16.5 Å². The third-order valence-electron chi connectivity index (χ3n) is 8.37. The average Bonchev–Trinajstić information content (AvgIpc) is 3.81. The summed E-state index contributed by atoms with van der Waals surface area (Å²) in [7, 11) is 0. The average molecular weight is 755 g/mol. The molecule has 0 aliphatic carbocycles. The quantitative estimate of drug-likeness (QED) is 0.248. The van der Waals surface area contributed by atoms with Gasteiger partial charge < -0.3 is 29.5 Å². The molecule has 0 atom stereocenters. The number of nitrogens with zero attached hydrogens (tertiary/aromatic N) is 8. The van der Waals surface area contributed by atoms with Crippen LogP contribution >= 0.6 is 38.9 Å². The fraction of sp³-hybridized carbons (Fsp3) is 0.323. The first-order valence-electron chi connectivity index (χ1n) is 15.1. The molecule has 0 radical (unpaired) electrons. The molecule has 0 unspecified atom stereocenters. The van der Waals surface area contributed by atoms with Crippen molar-refractivity contribution in [2.45, 2.75) is 40.0 Å². The van der Waals surface area contributed by atoms with Crippen molar-refractivity contribution in [2.75, 3.05) is 36.4 Å². The number of hydrogen-bond acceptors (Lipinski definition) is 11. The van der Waals surface area contributed by atoms with Gasteiger partial charge in [0.05, 0.1) is 40.2 Å². The molecule has 48 heavy (non-hydrogen) atoms. The number of piperazine rings is 1. The number of thiophene rings is 1. The van der Waals surface area contributed by atoms with Crippen LogP contribution in [0.5, 0.6) is 5.75 Å². The summed E-state index contributed by atoms with van der Waals surface area (Å²) in [5.41, 5.74) is 2.38. The largest absolute Gasteiger partial charge is 0.504 e. The van der Waals surface area contributed by atoms with Gasteiger partial charge in [-0.05, 0) is 43.2 Å². The van der Waals surface area contributed by atoms with E-state index in [-0.39, 0.29) is 48.3 Å². The fourth-order valence-corrected chi connectivity index (χ4v) is 7.70. The van der Waals surface area contributed by atoms with Gasteiger partial charge in [-0.1, -0.05) is 34.5 Å². The van der Waals surface area contributed by atoms with Gasteiger partial charge in [0.1, 0.15) is 18.6 Å². The zero-order chi connectivity index (χ0) is 33.7.